The Kier molecular flexibility index (Phi) is 3.82. The third-order valence-corrected chi connectivity index (χ3v) is 4.10. The summed E-state index contributed by atoms with van der Waals surface area (Å²) in [7, 11) is 1.33. The molecule has 0 spiro atoms. The molecule has 0 saturated heterocycles. The Labute approximate surface area is 123 Å². The largest absolute Gasteiger partial charge is 0.463 e. The van der Waals surface area contributed by atoms with Gasteiger partial charge in [0.25, 0.3) is 0 Å². The van der Waals surface area contributed by atoms with Gasteiger partial charge in [-0.2, -0.15) is 0 Å². The van der Waals surface area contributed by atoms with Crippen LogP contribution in [0.1, 0.15) is 37.0 Å². The maximum atomic E-state index is 11.8. The van der Waals surface area contributed by atoms with E-state index in [1.165, 1.54) is 18.4 Å². The normalized spacial score (nSPS) is 11.6. The van der Waals surface area contributed by atoms with Crippen molar-refractivity contribution in [2.45, 2.75) is 26.2 Å². The van der Waals surface area contributed by atoms with Crippen LogP contribution in [-0.2, 0) is 10.2 Å². The third-order valence-electron chi connectivity index (χ3n) is 2.49. The molecule has 0 aliphatic carbocycles. The van der Waals surface area contributed by atoms with Crippen LogP contribution in [0.4, 0.5) is 0 Å². The third kappa shape index (κ3) is 2.90. The number of carbonyl (C=O) groups excluding carboxylic acids is 1. The molecule has 2 rings (SSSR count). The van der Waals surface area contributed by atoms with Crippen molar-refractivity contribution in [2.24, 2.45) is 0 Å². The predicted octanol–water partition coefficient (Wildman–Crippen LogP) is 4.25. The van der Waals surface area contributed by atoms with E-state index in [1.807, 2.05) is 32.9 Å². The number of hydrogen-bond donors (Lipinski definition) is 0. The van der Waals surface area contributed by atoms with E-state index in [-0.39, 0.29) is 11.2 Å². The summed E-state index contributed by atoms with van der Waals surface area (Å²) in [6, 6.07) is 3.81. The van der Waals surface area contributed by atoms with Gasteiger partial charge in [-0.25, -0.2) is 9.78 Å². The number of methoxy groups -OCH3 is 1. The Morgan fingerprint density at radius 3 is 2.58 bits per heavy atom. The molecule has 0 atom stereocenters. The molecule has 2 aromatic rings. The molecular formula is C13H14BrNO3S. The summed E-state index contributed by atoms with van der Waals surface area (Å²) in [5.74, 6) is 0.120. The Hall–Kier alpha value is -1.14. The lowest BCUT2D eigenvalue weighted by atomic mass is 9.91. The summed E-state index contributed by atoms with van der Waals surface area (Å²) < 4.78 is 11.3. The van der Waals surface area contributed by atoms with Crippen LogP contribution < -0.4 is 0 Å². The number of oxazole rings is 1. The molecule has 2 heterocycles. The van der Waals surface area contributed by atoms with Gasteiger partial charge < -0.3 is 9.15 Å². The lowest BCUT2D eigenvalue weighted by Gasteiger charge is -2.15. The molecule has 2 aromatic heterocycles. The zero-order valence-corrected chi connectivity index (χ0v) is 13.5. The SMILES string of the molecule is COC(=O)c1oc(-c2ccc(Br)s2)nc1C(C)(C)C. The number of aromatic nitrogens is 1. The van der Waals surface area contributed by atoms with Gasteiger partial charge in [-0.1, -0.05) is 20.8 Å². The van der Waals surface area contributed by atoms with E-state index in [9.17, 15) is 4.79 Å². The summed E-state index contributed by atoms with van der Waals surface area (Å²) in [4.78, 5) is 17.1. The van der Waals surface area contributed by atoms with E-state index in [2.05, 4.69) is 20.9 Å². The standard InChI is InChI=1S/C13H14BrNO3S/c1-13(2,3)10-9(12(16)17-4)18-11(15-10)7-5-6-8(14)19-7/h5-6H,1-4H3. The maximum absolute atomic E-state index is 11.8. The Balaban J connectivity index is 2.54. The summed E-state index contributed by atoms with van der Waals surface area (Å²) in [6.07, 6.45) is 0. The first-order chi connectivity index (χ1) is 8.82. The molecule has 4 nitrogen and oxygen atoms in total. The number of carbonyl (C=O) groups is 1. The molecule has 102 valence electrons. The molecule has 0 amide bonds. The van der Waals surface area contributed by atoms with Gasteiger partial charge in [0.15, 0.2) is 0 Å². The number of esters is 1. The van der Waals surface area contributed by atoms with Gasteiger partial charge in [0.05, 0.1) is 15.8 Å². The van der Waals surface area contributed by atoms with Crippen molar-refractivity contribution in [1.82, 2.24) is 4.98 Å². The summed E-state index contributed by atoms with van der Waals surface area (Å²) in [6.45, 7) is 5.93. The second kappa shape index (κ2) is 5.09. The van der Waals surface area contributed by atoms with Crippen LogP contribution in [0.3, 0.4) is 0 Å². The monoisotopic (exact) mass is 343 g/mol. The number of thiophene rings is 1. The molecular weight excluding hydrogens is 330 g/mol. The molecule has 6 heteroatoms. The van der Waals surface area contributed by atoms with Gasteiger partial charge in [0, 0.05) is 5.41 Å². The highest BCUT2D eigenvalue weighted by Crippen LogP contribution is 2.35. The maximum Gasteiger partial charge on any atom is 0.376 e. The second-order valence-electron chi connectivity index (χ2n) is 5.04. The van der Waals surface area contributed by atoms with Crippen molar-refractivity contribution < 1.29 is 13.9 Å². The highest BCUT2D eigenvalue weighted by Gasteiger charge is 2.30. The minimum absolute atomic E-state index is 0.175. The number of ether oxygens (including phenoxy) is 1. The smallest absolute Gasteiger partial charge is 0.376 e. The quantitative estimate of drug-likeness (QED) is 0.765. The van der Waals surface area contributed by atoms with Gasteiger partial charge in [0.1, 0.15) is 5.69 Å². The number of rotatable bonds is 2. The van der Waals surface area contributed by atoms with E-state index >= 15 is 0 Å². The van der Waals surface area contributed by atoms with Crippen molar-refractivity contribution in [2.75, 3.05) is 7.11 Å². The van der Waals surface area contributed by atoms with E-state index in [4.69, 9.17) is 9.15 Å². The van der Waals surface area contributed by atoms with E-state index in [0.717, 1.165) is 8.66 Å². The Morgan fingerprint density at radius 1 is 1.42 bits per heavy atom. The van der Waals surface area contributed by atoms with Crippen LogP contribution in [0.15, 0.2) is 20.3 Å². The van der Waals surface area contributed by atoms with Crippen LogP contribution in [0.5, 0.6) is 0 Å². The van der Waals surface area contributed by atoms with Gasteiger partial charge in [-0.05, 0) is 28.1 Å². The average Bonchev–Trinajstić information content (AvgIpc) is 2.92. The van der Waals surface area contributed by atoms with Crippen LogP contribution in [0, 0.1) is 0 Å². The molecule has 0 fully saturated rings. The lowest BCUT2D eigenvalue weighted by molar-refractivity contribution is 0.0562. The number of halogens is 1. The first-order valence-corrected chi connectivity index (χ1v) is 7.29. The van der Waals surface area contributed by atoms with Crippen molar-refractivity contribution in [3.8, 4) is 10.8 Å². The summed E-state index contributed by atoms with van der Waals surface area (Å²) in [5.41, 5.74) is 0.318. The minimum atomic E-state index is -0.501. The molecule has 0 radical (unpaired) electrons. The highest BCUT2D eigenvalue weighted by atomic mass is 79.9. The minimum Gasteiger partial charge on any atom is -0.463 e. The van der Waals surface area contributed by atoms with Gasteiger partial charge in [0.2, 0.25) is 11.7 Å². The van der Waals surface area contributed by atoms with E-state index in [1.54, 1.807) is 0 Å². The average molecular weight is 344 g/mol. The summed E-state index contributed by atoms with van der Waals surface area (Å²) >= 11 is 4.90. The lowest BCUT2D eigenvalue weighted by Crippen LogP contribution is -2.17. The van der Waals surface area contributed by atoms with Crippen LogP contribution in [-0.4, -0.2) is 18.1 Å². The van der Waals surface area contributed by atoms with Crippen molar-refractivity contribution in [3.63, 3.8) is 0 Å². The Bertz CT molecular complexity index is 610. The fraction of sp³-hybridized carbons (Fsp3) is 0.385. The zero-order chi connectivity index (χ0) is 14.2. The second-order valence-corrected chi connectivity index (χ2v) is 7.51. The topological polar surface area (TPSA) is 52.3 Å². The molecule has 0 aliphatic heterocycles. The van der Waals surface area contributed by atoms with Gasteiger partial charge >= 0.3 is 5.97 Å². The molecule has 0 unspecified atom stereocenters. The molecule has 0 N–H and O–H groups in total. The fourth-order valence-electron chi connectivity index (χ4n) is 1.59. The van der Waals surface area contributed by atoms with E-state index in [0.29, 0.717) is 11.6 Å². The Morgan fingerprint density at radius 2 is 2.11 bits per heavy atom. The first-order valence-electron chi connectivity index (χ1n) is 5.68. The summed E-state index contributed by atoms with van der Waals surface area (Å²) in [5, 5.41) is 0. The number of hydrogen-bond acceptors (Lipinski definition) is 5. The molecule has 0 bridgehead atoms. The first kappa shape index (κ1) is 14.3. The molecule has 0 aromatic carbocycles. The fourth-order valence-corrected chi connectivity index (χ4v) is 2.91. The van der Waals surface area contributed by atoms with E-state index < -0.39 is 5.97 Å². The van der Waals surface area contributed by atoms with Gasteiger partial charge in [-0.15, -0.1) is 11.3 Å². The van der Waals surface area contributed by atoms with Crippen LogP contribution in [0.25, 0.3) is 10.8 Å². The molecule has 0 aliphatic rings. The highest BCUT2D eigenvalue weighted by molar-refractivity contribution is 9.11. The molecule has 0 saturated carbocycles. The zero-order valence-electron chi connectivity index (χ0n) is 11.1. The predicted molar refractivity (Wildman–Crippen MR) is 77.6 cm³/mol. The number of nitrogens with zero attached hydrogens (tertiary/aromatic N) is 1. The van der Waals surface area contributed by atoms with Crippen LogP contribution in [0.2, 0.25) is 0 Å². The van der Waals surface area contributed by atoms with Crippen molar-refractivity contribution in [1.29, 1.82) is 0 Å². The van der Waals surface area contributed by atoms with Crippen LogP contribution >= 0.6 is 27.3 Å². The van der Waals surface area contributed by atoms with Crippen molar-refractivity contribution in [3.05, 3.63) is 27.4 Å². The van der Waals surface area contributed by atoms with Gasteiger partial charge in [-0.3, -0.25) is 0 Å². The van der Waals surface area contributed by atoms with Crippen molar-refractivity contribution >= 4 is 33.2 Å². The molecule has 19 heavy (non-hydrogen) atoms.